The molecule has 1 heterocycles. The van der Waals surface area contributed by atoms with Gasteiger partial charge >= 0.3 is 0 Å². The fraction of sp³-hybridized carbons (Fsp3) is 0.500. The van der Waals surface area contributed by atoms with Crippen molar-refractivity contribution in [2.75, 3.05) is 18.9 Å². The maximum absolute atomic E-state index is 12.0. The normalized spacial score (nSPS) is 20.7. The summed E-state index contributed by atoms with van der Waals surface area (Å²) in [6.45, 7) is 1.11. The topological polar surface area (TPSA) is 32.3 Å². The van der Waals surface area contributed by atoms with Gasteiger partial charge in [-0.2, -0.15) is 0 Å². The van der Waals surface area contributed by atoms with E-state index in [2.05, 4.69) is 33.2 Å². The Balaban J connectivity index is 1.86. The highest BCUT2D eigenvalue weighted by atomic mass is 79.9. The maximum atomic E-state index is 12.0. The van der Waals surface area contributed by atoms with Crippen molar-refractivity contribution in [1.29, 1.82) is 0 Å². The van der Waals surface area contributed by atoms with Crippen molar-refractivity contribution in [2.45, 2.75) is 31.7 Å². The highest BCUT2D eigenvalue weighted by Crippen LogP contribution is 2.19. The molecule has 3 nitrogen and oxygen atoms in total. The highest BCUT2D eigenvalue weighted by molar-refractivity contribution is 9.10. The Labute approximate surface area is 117 Å². The van der Waals surface area contributed by atoms with E-state index < -0.39 is 0 Å². The maximum Gasteiger partial charge on any atom is 0.225 e. The second-order valence-electron chi connectivity index (χ2n) is 4.89. The fourth-order valence-electron chi connectivity index (χ4n) is 2.36. The fourth-order valence-corrected chi connectivity index (χ4v) is 2.63. The first kappa shape index (κ1) is 13.6. The van der Waals surface area contributed by atoms with E-state index in [-0.39, 0.29) is 5.91 Å². The van der Waals surface area contributed by atoms with Gasteiger partial charge in [-0.25, -0.2) is 0 Å². The number of nitrogens with zero attached hydrogens (tertiary/aromatic N) is 1. The van der Waals surface area contributed by atoms with E-state index in [1.807, 2.05) is 24.3 Å². The number of carbonyl (C=O) groups is 1. The molecule has 98 valence electrons. The molecule has 1 fully saturated rings. The largest absolute Gasteiger partial charge is 0.326 e. The first-order valence-electron chi connectivity index (χ1n) is 6.41. The first-order valence-corrected chi connectivity index (χ1v) is 7.20. The third-order valence-corrected chi connectivity index (χ3v) is 4.00. The minimum atomic E-state index is 0.107. The predicted molar refractivity (Wildman–Crippen MR) is 77.7 cm³/mol. The molecule has 1 N–H and O–H groups in total. The summed E-state index contributed by atoms with van der Waals surface area (Å²) in [6.07, 6.45) is 4.21. The van der Waals surface area contributed by atoms with Crippen LogP contribution in [0, 0.1) is 0 Å². The number of halogens is 1. The summed E-state index contributed by atoms with van der Waals surface area (Å²) in [5.74, 6) is 0.107. The molecule has 1 atom stereocenters. The zero-order valence-corrected chi connectivity index (χ0v) is 12.2. The van der Waals surface area contributed by atoms with Crippen molar-refractivity contribution in [3.63, 3.8) is 0 Å². The van der Waals surface area contributed by atoms with Gasteiger partial charge < -0.3 is 10.2 Å². The van der Waals surface area contributed by atoms with Crippen LogP contribution in [0.3, 0.4) is 0 Å². The van der Waals surface area contributed by atoms with Gasteiger partial charge in [-0.05, 0) is 50.7 Å². The molecule has 1 aromatic carbocycles. The summed E-state index contributed by atoms with van der Waals surface area (Å²) in [5, 5.41) is 2.95. The van der Waals surface area contributed by atoms with Gasteiger partial charge in [-0.1, -0.05) is 22.4 Å². The lowest BCUT2D eigenvalue weighted by atomic mass is 10.00. The average molecular weight is 311 g/mol. The molecule has 1 amide bonds. The Morgan fingerprint density at radius 1 is 1.39 bits per heavy atom. The molecular weight excluding hydrogens is 292 g/mol. The number of anilines is 1. The number of likely N-dealkylation sites (tertiary alicyclic amines) is 1. The average Bonchev–Trinajstić information content (AvgIpc) is 2.35. The smallest absolute Gasteiger partial charge is 0.225 e. The van der Waals surface area contributed by atoms with Gasteiger partial charge in [0.1, 0.15) is 0 Å². The van der Waals surface area contributed by atoms with E-state index in [0.717, 1.165) is 23.1 Å². The summed E-state index contributed by atoms with van der Waals surface area (Å²) in [6, 6.07) is 8.08. The quantitative estimate of drug-likeness (QED) is 0.929. The Bertz CT molecular complexity index is 405. The zero-order valence-electron chi connectivity index (χ0n) is 10.7. The van der Waals surface area contributed by atoms with E-state index in [9.17, 15) is 4.79 Å². The van der Waals surface area contributed by atoms with Gasteiger partial charge in [0.05, 0.1) is 0 Å². The third-order valence-electron chi connectivity index (χ3n) is 3.47. The van der Waals surface area contributed by atoms with Crippen molar-refractivity contribution in [2.24, 2.45) is 0 Å². The van der Waals surface area contributed by atoms with Gasteiger partial charge in [0.2, 0.25) is 5.91 Å². The molecule has 0 bridgehead atoms. The summed E-state index contributed by atoms with van der Waals surface area (Å²) < 4.78 is 1.02. The van der Waals surface area contributed by atoms with Crippen LogP contribution in [0.5, 0.6) is 0 Å². The first-order chi connectivity index (χ1) is 8.65. The summed E-state index contributed by atoms with van der Waals surface area (Å²) in [4.78, 5) is 14.3. The number of piperidine rings is 1. The number of hydrogen-bond acceptors (Lipinski definition) is 2. The van der Waals surface area contributed by atoms with Gasteiger partial charge in [-0.15, -0.1) is 0 Å². The minimum Gasteiger partial charge on any atom is -0.326 e. The molecule has 1 aliphatic heterocycles. The van der Waals surface area contributed by atoms with E-state index in [1.165, 1.54) is 12.8 Å². The van der Waals surface area contributed by atoms with E-state index in [0.29, 0.717) is 12.5 Å². The van der Waals surface area contributed by atoms with Crippen LogP contribution < -0.4 is 5.32 Å². The summed E-state index contributed by atoms with van der Waals surface area (Å²) in [5.41, 5.74) is 0.863. The number of carbonyl (C=O) groups excluding carboxylic acids is 1. The molecule has 0 aromatic heterocycles. The highest BCUT2D eigenvalue weighted by Gasteiger charge is 2.21. The molecule has 4 heteroatoms. The summed E-state index contributed by atoms with van der Waals surface area (Å²) in [7, 11) is 2.11. The predicted octanol–water partition coefficient (Wildman–Crippen LogP) is 3.26. The number of hydrogen-bond donors (Lipinski definition) is 1. The van der Waals surface area contributed by atoms with Crippen LogP contribution in [0.25, 0.3) is 0 Å². The molecule has 0 radical (unpaired) electrons. The van der Waals surface area contributed by atoms with E-state index in [1.54, 1.807) is 0 Å². The zero-order chi connectivity index (χ0) is 13.0. The Morgan fingerprint density at radius 2 is 2.11 bits per heavy atom. The third kappa shape index (κ3) is 3.82. The second-order valence-corrected chi connectivity index (χ2v) is 5.81. The SMILES string of the molecule is CN1CCCCC1CC(=O)Nc1ccc(Br)cc1. The molecule has 0 aliphatic carbocycles. The lowest BCUT2D eigenvalue weighted by Crippen LogP contribution is -2.38. The van der Waals surface area contributed by atoms with Crippen molar-refractivity contribution >= 4 is 27.5 Å². The van der Waals surface area contributed by atoms with Crippen molar-refractivity contribution in [3.05, 3.63) is 28.7 Å². The molecule has 2 rings (SSSR count). The standard InChI is InChI=1S/C14H19BrN2O/c1-17-9-3-2-4-13(17)10-14(18)16-12-7-5-11(15)6-8-12/h5-8,13H,2-4,9-10H2,1H3,(H,16,18). The van der Waals surface area contributed by atoms with E-state index in [4.69, 9.17) is 0 Å². The van der Waals surface area contributed by atoms with Crippen LogP contribution in [0.4, 0.5) is 5.69 Å². The molecule has 1 unspecified atom stereocenters. The molecule has 1 saturated heterocycles. The Morgan fingerprint density at radius 3 is 2.78 bits per heavy atom. The van der Waals surface area contributed by atoms with E-state index >= 15 is 0 Å². The van der Waals surface area contributed by atoms with Gasteiger partial charge in [0.25, 0.3) is 0 Å². The second kappa shape index (κ2) is 6.34. The van der Waals surface area contributed by atoms with Crippen molar-refractivity contribution in [3.8, 4) is 0 Å². The van der Waals surface area contributed by atoms with Gasteiger partial charge in [0, 0.05) is 22.6 Å². The molecule has 0 spiro atoms. The lowest BCUT2D eigenvalue weighted by Gasteiger charge is -2.31. The van der Waals surface area contributed by atoms with Gasteiger partial charge in [0.15, 0.2) is 0 Å². The van der Waals surface area contributed by atoms with Crippen LogP contribution in [-0.4, -0.2) is 30.4 Å². The molecule has 18 heavy (non-hydrogen) atoms. The monoisotopic (exact) mass is 310 g/mol. The molecule has 0 saturated carbocycles. The van der Waals surface area contributed by atoms with Crippen molar-refractivity contribution < 1.29 is 4.79 Å². The Kier molecular flexibility index (Phi) is 4.78. The Hall–Kier alpha value is -0.870. The lowest BCUT2D eigenvalue weighted by molar-refractivity contribution is -0.117. The number of amides is 1. The summed E-state index contributed by atoms with van der Waals surface area (Å²) >= 11 is 3.38. The number of benzene rings is 1. The van der Waals surface area contributed by atoms with Crippen molar-refractivity contribution in [1.82, 2.24) is 4.90 Å². The molecule has 1 aromatic rings. The van der Waals surface area contributed by atoms with Crippen LogP contribution in [0.15, 0.2) is 28.7 Å². The molecule has 1 aliphatic rings. The number of nitrogens with one attached hydrogen (secondary N) is 1. The number of rotatable bonds is 3. The van der Waals surface area contributed by atoms with Crippen LogP contribution in [-0.2, 0) is 4.79 Å². The minimum absolute atomic E-state index is 0.107. The van der Waals surface area contributed by atoms with Crippen LogP contribution >= 0.6 is 15.9 Å². The van der Waals surface area contributed by atoms with Crippen LogP contribution in [0.2, 0.25) is 0 Å². The van der Waals surface area contributed by atoms with Crippen LogP contribution in [0.1, 0.15) is 25.7 Å². The molecular formula is C14H19BrN2O. The van der Waals surface area contributed by atoms with Gasteiger partial charge in [-0.3, -0.25) is 4.79 Å².